The van der Waals surface area contributed by atoms with Gasteiger partial charge >= 0.3 is 0 Å². The molecule has 2 fully saturated rings. The molecule has 0 radical (unpaired) electrons. The molecule has 0 aromatic carbocycles. The first-order chi connectivity index (χ1) is 12.5. The van der Waals surface area contributed by atoms with Crippen molar-refractivity contribution >= 4 is 69.6 Å². The summed E-state index contributed by atoms with van der Waals surface area (Å²) in [6.45, 7) is 0.902. The monoisotopic (exact) mass is 502 g/mol. The third-order valence-electron chi connectivity index (χ3n) is 5.22. The first-order valence-electron chi connectivity index (χ1n) is 9.53. The second kappa shape index (κ2) is 10.8. The summed E-state index contributed by atoms with van der Waals surface area (Å²) in [6, 6.07) is 0. The van der Waals surface area contributed by atoms with Crippen molar-refractivity contribution < 1.29 is 14.2 Å². The Morgan fingerprint density at radius 2 is 0.889 bits per heavy atom. The molecule has 0 aromatic rings. The lowest BCUT2D eigenvalue weighted by atomic mass is 9.81. The van der Waals surface area contributed by atoms with Gasteiger partial charge in [-0.05, 0) is 25.7 Å². The van der Waals surface area contributed by atoms with Gasteiger partial charge in [0.15, 0.2) is 0 Å². The highest BCUT2D eigenvalue weighted by molar-refractivity contribution is 6.68. The maximum Gasteiger partial charge on any atom is 0.213 e. The van der Waals surface area contributed by atoms with E-state index in [1.54, 1.807) is 0 Å². The van der Waals surface area contributed by atoms with Crippen molar-refractivity contribution in [2.45, 2.75) is 83.0 Å². The van der Waals surface area contributed by atoms with Crippen molar-refractivity contribution in [3.05, 3.63) is 0 Å². The highest BCUT2D eigenvalue weighted by atomic mass is 35.6. The van der Waals surface area contributed by atoms with Crippen molar-refractivity contribution in [3.63, 3.8) is 0 Å². The van der Waals surface area contributed by atoms with E-state index in [-0.39, 0.29) is 24.4 Å². The predicted molar refractivity (Wildman–Crippen MR) is 115 cm³/mol. The van der Waals surface area contributed by atoms with E-state index in [1.807, 2.05) is 0 Å². The van der Waals surface area contributed by atoms with Crippen LogP contribution in [0.3, 0.4) is 0 Å². The molecule has 0 aromatic heterocycles. The van der Waals surface area contributed by atoms with Gasteiger partial charge in [0.05, 0.1) is 37.6 Å². The fourth-order valence-corrected chi connectivity index (χ4v) is 4.57. The molecule has 0 unspecified atom stereocenters. The van der Waals surface area contributed by atoms with E-state index in [0.29, 0.717) is 13.2 Å². The lowest BCUT2D eigenvalue weighted by Gasteiger charge is -2.47. The Bertz CT molecular complexity index is 397. The van der Waals surface area contributed by atoms with E-state index < -0.39 is 7.59 Å². The summed E-state index contributed by atoms with van der Waals surface area (Å²) in [5.74, 6) is 0. The van der Waals surface area contributed by atoms with E-state index in [1.165, 1.54) is 12.8 Å². The van der Waals surface area contributed by atoms with Gasteiger partial charge in [0.1, 0.15) is 0 Å². The van der Waals surface area contributed by atoms with Crippen molar-refractivity contribution in [2.75, 3.05) is 26.4 Å². The Hall–Kier alpha value is 1.62. The van der Waals surface area contributed by atoms with E-state index >= 15 is 0 Å². The van der Waals surface area contributed by atoms with Crippen LogP contribution in [0.5, 0.6) is 0 Å². The molecule has 0 bridgehead atoms. The molecule has 0 atom stereocenters. The topological polar surface area (TPSA) is 27.7 Å². The van der Waals surface area contributed by atoms with Gasteiger partial charge in [-0.25, -0.2) is 0 Å². The Kier molecular flexibility index (Phi) is 9.93. The molecule has 2 saturated carbocycles. The molecule has 9 heteroatoms. The summed E-state index contributed by atoms with van der Waals surface area (Å²) in [4.78, 5) is 0. The standard InChI is InChI=1S/C18H28Cl6O3/c19-17(20,21)13-25-11-15(7-3-1-4-8-15)27-16(9-5-2-6-10-16)12-26-14-18(22,23)24/h1-14H2. The second-order valence-corrected chi connectivity index (χ2v) is 12.8. The Labute approximate surface area is 192 Å². The maximum absolute atomic E-state index is 6.83. The molecule has 160 valence electrons. The number of hydrogen-bond donors (Lipinski definition) is 0. The van der Waals surface area contributed by atoms with Gasteiger partial charge in [-0.15, -0.1) is 0 Å². The van der Waals surface area contributed by atoms with Crippen LogP contribution in [-0.4, -0.2) is 45.2 Å². The van der Waals surface area contributed by atoms with Crippen molar-refractivity contribution in [3.8, 4) is 0 Å². The molecule has 2 aliphatic carbocycles. The molecular weight excluding hydrogens is 477 g/mol. The van der Waals surface area contributed by atoms with E-state index in [2.05, 4.69) is 0 Å². The molecule has 0 N–H and O–H groups in total. The molecule has 27 heavy (non-hydrogen) atoms. The first-order valence-corrected chi connectivity index (χ1v) is 11.8. The van der Waals surface area contributed by atoms with Gasteiger partial charge in [-0.1, -0.05) is 108 Å². The minimum Gasteiger partial charge on any atom is -0.374 e. The predicted octanol–water partition coefficient (Wildman–Crippen LogP) is 7.18. The van der Waals surface area contributed by atoms with Gasteiger partial charge in [0, 0.05) is 0 Å². The van der Waals surface area contributed by atoms with Crippen LogP contribution < -0.4 is 0 Å². The molecule has 2 rings (SSSR count). The average Bonchev–Trinajstić information content (AvgIpc) is 2.54. The summed E-state index contributed by atoms with van der Waals surface area (Å²) in [6.07, 6.45) is 10.5. The van der Waals surface area contributed by atoms with Crippen molar-refractivity contribution in [2.24, 2.45) is 0 Å². The first kappa shape index (κ1) is 24.9. The number of hydrogen-bond acceptors (Lipinski definition) is 3. The summed E-state index contributed by atoms with van der Waals surface area (Å²) >= 11 is 35.0. The van der Waals surface area contributed by atoms with Crippen molar-refractivity contribution in [1.82, 2.24) is 0 Å². The minimum atomic E-state index is -1.42. The summed E-state index contributed by atoms with van der Waals surface area (Å²) in [5.41, 5.74) is -0.760. The van der Waals surface area contributed by atoms with Gasteiger partial charge < -0.3 is 14.2 Å². The zero-order chi connectivity index (χ0) is 20.0. The van der Waals surface area contributed by atoms with Crippen LogP contribution in [0.2, 0.25) is 0 Å². The summed E-state index contributed by atoms with van der Waals surface area (Å²) in [7, 11) is 0. The second-order valence-electron chi connectivity index (χ2n) is 7.81. The van der Waals surface area contributed by atoms with E-state index in [0.717, 1.165) is 51.4 Å². The summed E-state index contributed by atoms with van der Waals surface area (Å²) in [5, 5.41) is 0. The molecular formula is C18H28Cl6O3. The molecule has 0 heterocycles. The average molecular weight is 505 g/mol. The van der Waals surface area contributed by atoms with Gasteiger partial charge in [0.25, 0.3) is 0 Å². The molecule has 0 amide bonds. The van der Waals surface area contributed by atoms with Crippen LogP contribution in [0.25, 0.3) is 0 Å². The Balaban J connectivity index is 2.04. The van der Waals surface area contributed by atoms with Crippen LogP contribution in [0.4, 0.5) is 0 Å². The Morgan fingerprint density at radius 1 is 0.556 bits per heavy atom. The minimum absolute atomic E-state index is 0.0412. The van der Waals surface area contributed by atoms with E-state index in [9.17, 15) is 0 Å². The van der Waals surface area contributed by atoms with Crippen LogP contribution >= 0.6 is 69.6 Å². The third kappa shape index (κ3) is 9.53. The molecule has 0 spiro atoms. The normalized spacial score (nSPS) is 23.3. The zero-order valence-corrected chi connectivity index (χ0v) is 19.9. The van der Waals surface area contributed by atoms with Crippen LogP contribution in [0.15, 0.2) is 0 Å². The number of ether oxygens (including phenoxy) is 3. The largest absolute Gasteiger partial charge is 0.374 e. The number of alkyl halides is 6. The van der Waals surface area contributed by atoms with Gasteiger partial charge in [-0.2, -0.15) is 0 Å². The maximum atomic E-state index is 6.83. The highest BCUT2D eigenvalue weighted by Gasteiger charge is 2.44. The van der Waals surface area contributed by atoms with Crippen LogP contribution in [-0.2, 0) is 14.2 Å². The quantitative estimate of drug-likeness (QED) is 0.327. The van der Waals surface area contributed by atoms with Crippen molar-refractivity contribution in [1.29, 1.82) is 0 Å². The molecule has 0 saturated heterocycles. The van der Waals surface area contributed by atoms with Crippen LogP contribution in [0, 0.1) is 0 Å². The van der Waals surface area contributed by atoms with Gasteiger partial charge in [-0.3, -0.25) is 0 Å². The molecule has 0 aliphatic heterocycles. The zero-order valence-electron chi connectivity index (χ0n) is 15.4. The fraction of sp³-hybridized carbons (Fsp3) is 1.00. The van der Waals surface area contributed by atoms with Gasteiger partial charge in [0.2, 0.25) is 7.59 Å². The highest BCUT2D eigenvalue weighted by Crippen LogP contribution is 2.42. The Morgan fingerprint density at radius 3 is 1.19 bits per heavy atom. The summed E-state index contributed by atoms with van der Waals surface area (Å²) < 4.78 is 15.5. The molecule has 3 nitrogen and oxygen atoms in total. The smallest absolute Gasteiger partial charge is 0.213 e. The lowest BCUT2D eigenvalue weighted by Crippen LogP contribution is -2.52. The van der Waals surface area contributed by atoms with Crippen LogP contribution in [0.1, 0.15) is 64.2 Å². The number of halogens is 6. The molecule has 2 aliphatic rings. The third-order valence-corrected chi connectivity index (χ3v) is 5.88. The van der Waals surface area contributed by atoms with E-state index in [4.69, 9.17) is 83.8 Å². The fourth-order valence-electron chi connectivity index (χ4n) is 4.11. The SMILES string of the molecule is ClC(Cl)(Cl)COCC1(OC2(COCC(Cl)(Cl)Cl)CCCCC2)CCCCC1. The lowest BCUT2D eigenvalue weighted by molar-refractivity contribution is -0.223. The number of rotatable bonds is 8.